The second-order valence-electron chi connectivity index (χ2n) is 3.89. The normalized spacial score (nSPS) is 13.7. The van der Waals surface area contributed by atoms with Gasteiger partial charge in [0.25, 0.3) is 5.69 Å². The smallest absolute Gasteiger partial charge is 0.344 e. The molecule has 0 amide bonds. The maximum absolute atomic E-state index is 13.8. The van der Waals surface area contributed by atoms with E-state index in [2.05, 4.69) is 4.74 Å². The summed E-state index contributed by atoms with van der Waals surface area (Å²) in [4.78, 5) is 21.3. The molecule has 20 heavy (non-hydrogen) atoms. The number of nitrogens with two attached hydrogens (primary N) is 1. The molecule has 0 saturated heterocycles. The standard InChI is InChI=1S/C11H13FN2O6/c1-20-11(17)6-2-7(12)5(3-8(6)14(18)19)10(16)9(15)4-13/h2-3,9-10,15-16H,4,13H2,1H3. The van der Waals surface area contributed by atoms with Crippen molar-refractivity contribution < 1.29 is 29.1 Å². The average molecular weight is 288 g/mol. The molecular weight excluding hydrogens is 275 g/mol. The van der Waals surface area contributed by atoms with Crippen molar-refractivity contribution in [2.24, 2.45) is 5.73 Å². The lowest BCUT2D eigenvalue weighted by atomic mass is 10.0. The van der Waals surface area contributed by atoms with E-state index in [0.29, 0.717) is 12.1 Å². The predicted octanol–water partition coefficient (Wildman–Crippen LogP) is -0.127. The number of benzene rings is 1. The average Bonchev–Trinajstić information content (AvgIpc) is 2.44. The van der Waals surface area contributed by atoms with Gasteiger partial charge in [0.2, 0.25) is 0 Å². The van der Waals surface area contributed by atoms with Gasteiger partial charge in [-0.25, -0.2) is 9.18 Å². The highest BCUT2D eigenvalue weighted by Gasteiger charge is 2.28. The maximum Gasteiger partial charge on any atom is 0.344 e. The number of aliphatic hydroxyl groups excluding tert-OH is 2. The molecule has 9 heteroatoms. The SMILES string of the molecule is COC(=O)c1cc(F)c(C(O)C(O)CN)cc1[N+](=O)[O-]. The highest BCUT2D eigenvalue weighted by Crippen LogP contribution is 2.28. The number of aliphatic hydroxyl groups is 2. The molecule has 1 aromatic rings. The topological polar surface area (TPSA) is 136 Å². The Kier molecular flexibility index (Phi) is 5.08. The van der Waals surface area contributed by atoms with Gasteiger partial charge in [0.15, 0.2) is 0 Å². The van der Waals surface area contributed by atoms with Crippen LogP contribution in [0, 0.1) is 15.9 Å². The molecule has 0 radical (unpaired) electrons. The number of halogens is 1. The van der Waals surface area contributed by atoms with E-state index >= 15 is 0 Å². The Morgan fingerprint density at radius 3 is 2.60 bits per heavy atom. The van der Waals surface area contributed by atoms with Gasteiger partial charge in [-0.15, -0.1) is 0 Å². The number of hydrogen-bond acceptors (Lipinski definition) is 7. The Labute approximate surface area is 112 Å². The van der Waals surface area contributed by atoms with Gasteiger partial charge in [-0.3, -0.25) is 10.1 Å². The lowest BCUT2D eigenvalue weighted by Crippen LogP contribution is -2.28. The van der Waals surface area contributed by atoms with Crippen LogP contribution in [-0.4, -0.2) is 40.9 Å². The van der Waals surface area contributed by atoms with Gasteiger partial charge in [-0.2, -0.15) is 0 Å². The second kappa shape index (κ2) is 6.37. The Hall–Kier alpha value is -2.10. The third-order valence-electron chi connectivity index (χ3n) is 2.64. The van der Waals surface area contributed by atoms with Crippen LogP contribution >= 0.6 is 0 Å². The van der Waals surface area contributed by atoms with E-state index in [0.717, 1.165) is 7.11 Å². The van der Waals surface area contributed by atoms with Gasteiger partial charge in [0.05, 0.1) is 18.1 Å². The molecule has 0 aliphatic rings. The van der Waals surface area contributed by atoms with Crippen molar-refractivity contribution >= 4 is 11.7 Å². The van der Waals surface area contributed by atoms with Crippen molar-refractivity contribution in [3.05, 3.63) is 39.2 Å². The molecule has 0 bridgehead atoms. The molecule has 4 N–H and O–H groups in total. The van der Waals surface area contributed by atoms with Crippen molar-refractivity contribution in [3.63, 3.8) is 0 Å². The number of esters is 1. The predicted molar refractivity (Wildman–Crippen MR) is 64.4 cm³/mol. The number of nitro groups is 1. The zero-order valence-electron chi connectivity index (χ0n) is 10.4. The fourth-order valence-corrected chi connectivity index (χ4v) is 1.57. The van der Waals surface area contributed by atoms with Crippen LogP contribution in [0.25, 0.3) is 0 Å². The van der Waals surface area contributed by atoms with Crippen LogP contribution in [0.5, 0.6) is 0 Å². The first-order valence-corrected chi connectivity index (χ1v) is 5.45. The van der Waals surface area contributed by atoms with Crippen LogP contribution in [-0.2, 0) is 4.74 Å². The second-order valence-corrected chi connectivity index (χ2v) is 3.89. The largest absolute Gasteiger partial charge is 0.465 e. The minimum absolute atomic E-state index is 0.368. The van der Waals surface area contributed by atoms with Gasteiger partial charge < -0.3 is 20.7 Å². The summed E-state index contributed by atoms with van der Waals surface area (Å²) in [5.74, 6) is -2.17. The number of nitro benzene ring substituents is 1. The fraction of sp³-hybridized carbons (Fsp3) is 0.364. The van der Waals surface area contributed by atoms with Gasteiger partial charge in [-0.05, 0) is 6.07 Å². The number of ether oxygens (including phenoxy) is 1. The molecule has 2 atom stereocenters. The van der Waals surface area contributed by atoms with Crippen LogP contribution in [0.3, 0.4) is 0 Å². The van der Waals surface area contributed by atoms with Gasteiger partial charge in [-0.1, -0.05) is 0 Å². The molecule has 8 nitrogen and oxygen atoms in total. The summed E-state index contributed by atoms with van der Waals surface area (Å²) in [6.07, 6.45) is -3.24. The number of carbonyl (C=O) groups excluding carboxylic acids is 1. The third-order valence-corrected chi connectivity index (χ3v) is 2.64. The van der Waals surface area contributed by atoms with E-state index in [1.54, 1.807) is 0 Å². The Morgan fingerprint density at radius 2 is 2.15 bits per heavy atom. The van der Waals surface area contributed by atoms with Gasteiger partial charge in [0.1, 0.15) is 17.5 Å². The number of hydrogen-bond donors (Lipinski definition) is 3. The van der Waals surface area contributed by atoms with E-state index in [4.69, 9.17) is 5.73 Å². The van der Waals surface area contributed by atoms with Gasteiger partial charge >= 0.3 is 5.97 Å². The summed E-state index contributed by atoms with van der Waals surface area (Å²) in [6.45, 7) is -0.368. The van der Waals surface area contributed by atoms with E-state index in [-0.39, 0.29) is 6.54 Å². The first kappa shape index (κ1) is 16.0. The first-order valence-electron chi connectivity index (χ1n) is 5.45. The van der Waals surface area contributed by atoms with Crippen LogP contribution < -0.4 is 5.73 Å². The fourth-order valence-electron chi connectivity index (χ4n) is 1.57. The zero-order chi connectivity index (χ0) is 15.4. The summed E-state index contributed by atoms with van der Waals surface area (Å²) in [5.41, 5.74) is 3.26. The van der Waals surface area contributed by atoms with E-state index in [1.807, 2.05) is 0 Å². The first-order chi connectivity index (χ1) is 9.33. The van der Waals surface area contributed by atoms with Crippen molar-refractivity contribution in [2.45, 2.75) is 12.2 Å². The molecule has 0 aliphatic heterocycles. The lowest BCUT2D eigenvalue weighted by molar-refractivity contribution is -0.385. The molecular formula is C11H13FN2O6. The monoisotopic (exact) mass is 288 g/mol. The number of methoxy groups -OCH3 is 1. The van der Waals surface area contributed by atoms with E-state index in [9.17, 15) is 29.5 Å². The molecule has 1 rings (SSSR count). The summed E-state index contributed by atoms with van der Waals surface area (Å²) in [7, 11) is 0.991. The molecule has 0 spiro atoms. The number of rotatable bonds is 5. The maximum atomic E-state index is 13.8. The third kappa shape index (κ3) is 3.07. The molecule has 0 aliphatic carbocycles. The minimum Gasteiger partial charge on any atom is -0.465 e. The number of nitrogens with zero attached hydrogens (tertiary/aromatic N) is 1. The summed E-state index contributed by atoms with van der Waals surface area (Å²) < 4.78 is 18.1. The minimum atomic E-state index is -1.75. The summed E-state index contributed by atoms with van der Waals surface area (Å²) in [5, 5.41) is 29.9. The van der Waals surface area contributed by atoms with Crippen LogP contribution in [0.1, 0.15) is 22.0 Å². The van der Waals surface area contributed by atoms with Crippen LogP contribution in [0.2, 0.25) is 0 Å². The van der Waals surface area contributed by atoms with E-state index in [1.165, 1.54) is 0 Å². The Morgan fingerprint density at radius 1 is 1.55 bits per heavy atom. The van der Waals surface area contributed by atoms with Crippen molar-refractivity contribution in [3.8, 4) is 0 Å². The molecule has 0 saturated carbocycles. The molecule has 1 aromatic carbocycles. The molecule has 0 heterocycles. The number of carbonyl (C=O) groups is 1. The molecule has 0 fully saturated rings. The van der Waals surface area contributed by atoms with E-state index < -0.39 is 45.7 Å². The lowest BCUT2D eigenvalue weighted by Gasteiger charge is -2.17. The Balaban J connectivity index is 3.41. The zero-order valence-corrected chi connectivity index (χ0v) is 10.4. The van der Waals surface area contributed by atoms with Crippen LogP contribution in [0.15, 0.2) is 12.1 Å². The molecule has 110 valence electrons. The highest BCUT2D eigenvalue weighted by molar-refractivity contribution is 5.94. The van der Waals surface area contributed by atoms with Crippen molar-refractivity contribution in [2.75, 3.05) is 13.7 Å². The van der Waals surface area contributed by atoms with Crippen molar-refractivity contribution in [1.82, 2.24) is 0 Å². The molecule has 2 unspecified atom stereocenters. The van der Waals surface area contributed by atoms with Crippen LogP contribution in [0.4, 0.5) is 10.1 Å². The summed E-state index contributed by atoms with van der Waals surface area (Å²) >= 11 is 0. The Bertz CT molecular complexity index is 536. The van der Waals surface area contributed by atoms with Crippen molar-refractivity contribution in [1.29, 1.82) is 0 Å². The highest BCUT2D eigenvalue weighted by atomic mass is 19.1. The summed E-state index contributed by atoms with van der Waals surface area (Å²) in [6, 6.07) is 1.25. The quantitative estimate of drug-likeness (QED) is 0.390. The van der Waals surface area contributed by atoms with Gasteiger partial charge in [0, 0.05) is 18.2 Å². The molecule has 0 aromatic heterocycles.